The molecule has 0 aromatic rings. The van der Waals surface area contributed by atoms with Crippen molar-refractivity contribution in [1.29, 1.82) is 0 Å². The van der Waals surface area contributed by atoms with Gasteiger partial charge in [-0.2, -0.15) is 0 Å². The van der Waals surface area contributed by atoms with Gasteiger partial charge in [-0.05, 0) is 44.4 Å². The minimum atomic E-state index is 0.886. The van der Waals surface area contributed by atoms with Gasteiger partial charge in [0.25, 0.3) is 0 Å². The smallest absolute Gasteiger partial charge is 0.0207 e. The largest absolute Gasteiger partial charge is 0.102 e. The minimum Gasteiger partial charge on any atom is -0.102 e. The van der Waals surface area contributed by atoms with Gasteiger partial charge in [0.05, 0.1) is 0 Å². The van der Waals surface area contributed by atoms with Gasteiger partial charge in [-0.3, -0.25) is 0 Å². The number of hydrogen-bond acceptors (Lipinski definition) is 0. The third-order valence-electron chi connectivity index (χ3n) is 1.49. The molecule has 0 heterocycles. The first-order valence-electron chi connectivity index (χ1n) is 4.08. The zero-order valence-corrected chi connectivity index (χ0v) is 8.92. The third kappa shape index (κ3) is 4.26. The molecule has 0 aliphatic carbocycles. The van der Waals surface area contributed by atoms with E-state index in [4.69, 9.17) is 11.6 Å². The summed E-state index contributed by atoms with van der Waals surface area (Å²) in [5.74, 6) is 5.82. The Morgan fingerprint density at radius 1 is 1.42 bits per heavy atom. The molecule has 0 saturated heterocycles. The Balaban J connectivity index is 4.60. The summed E-state index contributed by atoms with van der Waals surface area (Å²) in [5.41, 5.74) is 2.17. The number of rotatable bonds is 2. The molecule has 0 amide bonds. The van der Waals surface area contributed by atoms with Gasteiger partial charge in [0.1, 0.15) is 0 Å². The second-order valence-electron chi connectivity index (χ2n) is 2.64. The Kier molecular flexibility index (Phi) is 5.58. The zero-order chi connectivity index (χ0) is 9.56. The van der Waals surface area contributed by atoms with Crippen LogP contribution in [0.25, 0.3) is 0 Å². The Labute approximate surface area is 80.3 Å². The topological polar surface area (TPSA) is 0 Å². The molecule has 0 aliphatic heterocycles. The second-order valence-corrected chi connectivity index (χ2v) is 3.10. The summed E-state index contributed by atoms with van der Waals surface area (Å²) in [7, 11) is 0. The van der Waals surface area contributed by atoms with Crippen LogP contribution in [0.4, 0.5) is 0 Å². The average Bonchev–Trinajstić information content (AvgIpc) is 2.03. The molecule has 0 rings (SSSR count). The van der Waals surface area contributed by atoms with E-state index in [1.807, 2.05) is 33.8 Å². The van der Waals surface area contributed by atoms with Gasteiger partial charge in [0, 0.05) is 5.03 Å². The van der Waals surface area contributed by atoms with E-state index in [0.717, 1.165) is 22.6 Å². The first-order chi connectivity index (χ1) is 5.61. The van der Waals surface area contributed by atoms with E-state index >= 15 is 0 Å². The van der Waals surface area contributed by atoms with E-state index in [-0.39, 0.29) is 0 Å². The quantitative estimate of drug-likeness (QED) is 0.449. The van der Waals surface area contributed by atoms with Crippen LogP contribution in [0, 0.1) is 11.8 Å². The Morgan fingerprint density at radius 2 is 2.00 bits per heavy atom. The molecule has 0 radical (unpaired) electrons. The summed E-state index contributed by atoms with van der Waals surface area (Å²) < 4.78 is 0. The molecule has 0 atom stereocenters. The molecule has 0 bridgehead atoms. The van der Waals surface area contributed by atoms with Gasteiger partial charge < -0.3 is 0 Å². The molecule has 0 spiro atoms. The van der Waals surface area contributed by atoms with Crippen LogP contribution in [0.2, 0.25) is 0 Å². The van der Waals surface area contributed by atoms with Crippen molar-refractivity contribution in [3.63, 3.8) is 0 Å². The molecule has 0 aliphatic rings. The normalized spacial score (nSPS) is 13.2. The van der Waals surface area contributed by atoms with E-state index in [0.29, 0.717) is 0 Å². The lowest BCUT2D eigenvalue weighted by Gasteiger charge is -1.97. The van der Waals surface area contributed by atoms with E-state index in [9.17, 15) is 0 Å². The standard InChI is InChI=1S/C11H15Cl/c1-5-7-9(3)8-10(4)11(12)6-2/h8H,6H2,1-4H3/b9-8-,11-10+. The highest BCUT2D eigenvalue weighted by molar-refractivity contribution is 6.30. The van der Waals surface area contributed by atoms with E-state index in [2.05, 4.69) is 11.8 Å². The van der Waals surface area contributed by atoms with Gasteiger partial charge in [-0.1, -0.05) is 24.4 Å². The van der Waals surface area contributed by atoms with Crippen molar-refractivity contribution in [3.8, 4) is 11.8 Å². The van der Waals surface area contributed by atoms with Crippen molar-refractivity contribution in [2.75, 3.05) is 0 Å². The first-order valence-corrected chi connectivity index (χ1v) is 4.45. The van der Waals surface area contributed by atoms with Crippen molar-refractivity contribution < 1.29 is 0 Å². The Hall–Kier alpha value is -0.670. The molecule has 0 nitrogen and oxygen atoms in total. The van der Waals surface area contributed by atoms with Gasteiger partial charge in [0.2, 0.25) is 0 Å². The number of allylic oxidation sites excluding steroid dienone is 4. The van der Waals surface area contributed by atoms with E-state index < -0.39 is 0 Å². The molecular formula is C11H15Cl. The fourth-order valence-corrected chi connectivity index (χ4v) is 0.970. The SMILES string of the molecule is CC#C/C(C)=C\C(C)=C(\Cl)CC. The summed E-state index contributed by atoms with van der Waals surface area (Å²) in [6, 6.07) is 0. The van der Waals surface area contributed by atoms with Crippen LogP contribution in [-0.4, -0.2) is 0 Å². The van der Waals surface area contributed by atoms with Crippen molar-refractivity contribution in [3.05, 3.63) is 22.3 Å². The van der Waals surface area contributed by atoms with Crippen LogP contribution in [0.5, 0.6) is 0 Å². The van der Waals surface area contributed by atoms with Crippen molar-refractivity contribution in [1.82, 2.24) is 0 Å². The van der Waals surface area contributed by atoms with Gasteiger partial charge >= 0.3 is 0 Å². The van der Waals surface area contributed by atoms with Crippen LogP contribution < -0.4 is 0 Å². The monoisotopic (exact) mass is 182 g/mol. The maximum absolute atomic E-state index is 5.95. The molecule has 12 heavy (non-hydrogen) atoms. The molecule has 0 aromatic carbocycles. The fraction of sp³-hybridized carbons (Fsp3) is 0.455. The maximum Gasteiger partial charge on any atom is 0.0207 e. The summed E-state index contributed by atoms with van der Waals surface area (Å²) in [6.45, 7) is 7.87. The van der Waals surface area contributed by atoms with Crippen LogP contribution in [0.3, 0.4) is 0 Å². The maximum atomic E-state index is 5.95. The average molecular weight is 183 g/mol. The first kappa shape index (κ1) is 11.3. The molecule has 0 unspecified atom stereocenters. The summed E-state index contributed by atoms with van der Waals surface area (Å²) >= 11 is 5.95. The van der Waals surface area contributed by atoms with Gasteiger partial charge in [-0.15, -0.1) is 5.92 Å². The van der Waals surface area contributed by atoms with Crippen LogP contribution in [-0.2, 0) is 0 Å². The van der Waals surface area contributed by atoms with Crippen molar-refractivity contribution in [2.24, 2.45) is 0 Å². The van der Waals surface area contributed by atoms with E-state index in [1.54, 1.807) is 0 Å². The highest BCUT2D eigenvalue weighted by atomic mass is 35.5. The summed E-state index contributed by atoms with van der Waals surface area (Å²) in [4.78, 5) is 0. The number of hydrogen-bond donors (Lipinski definition) is 0. The highest BCUT2D eigenvalue weighted by Gasteiger charge is 1.92. The molecule has 0 saturated carbocycles. The zero-order valence-electron chi connectivity index (χ0n) is 8.16. The molecular weight excluding hydrogens is 168 g/mol. The molecule has 0 aromatic heterocycles. The summed E-state index contributed by atoms with van der Waals surface area (Å²) in [6.07, 6.45) is 2.90. The van der Waals surface area contributed by atoms with Crippen molar-refractivity contribution >= 4 is 11.6 Å². The third-order valence-corrected chi connectivity index (χ3v) is 2.06. The fourth-order valence-electron chi connectivity index (χ4n) is 0.915. The van der Waals surface area contributed by atoms with Gasteiger partial charge in [-0.25, -0.2) is 0 Å². The van der Waals surface area contributed by atoms with Crippen LogP contribution >= 0.6 is 11.6 Å². The number of halogens is 1. The van der Waals surface area contributed by atoms with Crippen molar-refractivity contribution in [2.45, 2.75) is 34.1 Å². The Bertz CT molecular complexity index is 258. The molecule has 1 heteroatoms. The molecule has 0 fully saturated rings. The predicted octanol–water partition coefficient (Wildman–Crippen LogP) is 3.88. The molecule has 66 valence electrons. The molecule has 0 N–H and O–H groups in total. The minimum absolute atomic E-state index is 0.886. The predicted molar refractivity (Wildman–Crippen MR) is 56.1 cm³/mol. The summed E-state index contributed by atoms with van der Waals surface area (Å²) in [5, 5.41) is 0.909. The highest BCUT2D eigenvalue weighted by Crippen LogP contribution is 2.14. The second kappa shape index (κ2) is 5.91. The van der Waals surface area contributed by atoms with E-state index in [1.165, 1.54) is 0 Å². The van der Waals surface area contributed by atoms with Crippen LogP contribution in [0.15, 0.2) is 22.3 Å². The Morgan fingerprint density at radius 3 is 2.42 bits per heavy atom. The lowest BCUT2D eigenvalue weighted by molar-refractivity contribution is 1.16. The lowest BCUT2D eigenvalue weighted by atomic mass is 10.1. The van der Waals surface area contributed by atoms with Crippen LogP contribution in [0.1, 0.15) is 34.1 Å². The van der Waals surface area contributed by atoms with Gasteiger partial charge in [0.15, 0.2) is 0 Å². The lowest BCUT2D eigenvalue weighted by Crippen LogP contribution is -1.77.